The SMILES string of the molecule is CC(C)(C)C(=O)Nc1cccc2c1oc1ccccc12. The Labute approximate surface area is 117 Å². The third-order valence-electron chi connectivity index (χ3n) is 3.33. The number of hydrogen-bond acceptors (Lipinski definition) is 2. The van der Waals surface area contributed by atoms with Crippen molar-refractivity contribution < 1.29 is 9.21 Å². The summed E-state index contributed by atoms with van der Waals surface area (Å²) in [6, 6.07) is 13.7. The van der Waals surface area contributed by atoms with Crippen molar-refractivity contribution in [1.29, 1.82) is 0 Å². The van der Waals surface area contributed by atoms with Gasteiger partial charge in [0, 0.05) is 16.2 Å². The van der Waals surface area contributed by atoms with E-state index in [0.717, 1.165) is 27.6 Å². The van der Waals surface area contributed by atoms with Crippen LogP contribution in [-0.2, 0) is 4.79 Å². The Kier molecular flexibility index (Phi) is 2.78. The lowest BCUT2D eigenvalue weighted by molar-refractivity contribution is -0.123. The van der Waals surface area contributed by atoms with Crippen LogP contribution in [-0.4, -0.2) is 5.91 Å². The molecule has 3 nitrogen and oxygen atoms in total. The number of amides is 1. The van der Waals surface area contributed by atoms with Gasteiger partial charge in [-0.15, -0.1) is 0 Å². The zero-order valence-corrected chi connectivity index (χ0v) is 11.9. The van der Waals surface area contributed by atoms with E-state index in [1.807, 2.05) is 63.2 Å². The molecule has 3 aromatic rings. The zero-order valence-electron chi connectivity index (χ0n) is 11.9. The van der Waals surface area contributed by atoms with Crippen molar-refractivity contribution in [1.82, 2.24) is 0 Å². The number of para-hydroxylation sites is 2. The van der Waals surface area contributed by atoms with Gasteiger partial charge in [-0.05, 0) is 12.1 Å². The molecule has 0 spiro atoms. The predicted molar refractivity (Wildman–Crippen MR) is 81.8 cm³/mol. The van der Waals surface area contributed by atoms with Gasteiger partial charge in [0.2, 0.25) is 5.91 Å². The van der Waals surface area contributed by atoms with Crippen LogP contribution in [0.4, 0.5) is 5.69 Å². The minimum Gasteiger partial charge on any atom is -0.454 e. The van der Waals surface area contributed by atoms with Crippen LogP contribution in [0.5, 0.6) is 0 Å². The summed E-state index contributed by atoms with van der Waals surface area (Å²) in [6.07, 6.45) is 0. The van der Waals surface area contributed by atoms with Crippen molar-refractivity contribution in [2.75, 3.05) is 5.32 Å². The maximum absolute atomic E-state index is 12.1. The monoisotopic (exact) mass is 267 g/mol. The lowest BCUT2D eigenvalue weighted by Gasteiger charge is -2.17. The highest BCUT2D eigenvalue weighted by Gasteiger charge is 2.22. The first kappa shape index (κ1) is 12.7. The molecule has 0 aliphatic rings. The Morgan fingerprint density at radius 1 is 1.00 bits per heavy atom. The molecule has 3 rings (SSSR count). The predicted octanol–water partition coefficient (Wildman–Crippen LogP) is 4.57. The van der Waals surface area contributed by atoms with Crippen molar-refractivity contribution in [2.45, 2.75) is 20.8 Å². The molecule has 0 radical (unpaired) electrons. The molecule has 1 aromatic heterocycles. The number of carbonyl (C=O) groups excluding carboxylic acids is 1. The van der Waals surface area contributed by atoms with E-state index >= 15 is 0 Å². The molecule has 1 heterocycles. The quantitative estimate of drug-likeness (QED) is 0.701. The topological polar surface area (TPSA) is 42.2 Å². The summed E-state index contributed by atoms with van der Waals surface area (Å²) < 4.78 is 5.88. The number of carbonyl (C=O) groups is 1. The van der Waals surface area contributed by atoms with E-state index in [-0.39, 0.29) is 5.91 Å². The fourth-order valence-corrected chi connectivity index (χ4v) is 2.16. The Hall–Kier alpha value is -2.29. The summed E-state index contributed by atoms with van der Waals surface area (Å²) in [7, 11) is 0. The summed E-state index contributed by atoms with van der Waals surface area (Å²) in [5, 5.41) is 5.04. The van der Waals surface area contributed by atoms with Crippen LogP contribution < -0.4 is 5.32 Å². The number of furan rings is 1. The maximum atomic E-state index is 12.1. The smallest absolute Gasteiger partial charge is 0.229 e. The van der Waals surface area contributed by atoms with Crippen molar-refractivity contribution in [3.8, 4) is 0 Å². The van der Waals surface area contributed by atoms with Crippen LogP contribution in [0.2, 0.25) is 0 Å². The fraction of sp³-hybridized carbons (Fsp3) is 0.235. The Morgan fingerprint density at radius 2 is 1.70 bits per heavy atom. The molecule has 1 amide bonds. The minimum atomic E-state index is -0.436. The van der Waals surface area contributed by atoms with E-state index in [2.05, 4.69) is 5.32 Å². The fourth-order valence-electron chi connectivity index (χ4n) is 2.16. The molecule has 0 fully saturated rings. The lowest BCUT2D eigenvalue weighted by atomic mass is 9.95. The first-order valence-electron chi connectivity index (χ1n) is 6.68. The molecule has 3 heteroatoms. The van der Waals surface area contributed by atoms with Crippen LogP contribution in [0, 0.1) is 5.41 Å². The average molecular weight is 267 g/mol. The molecule has 0 unspecified atom stereocenters. The zero-order chi connectivity index (χ0) is 14.3. The Morgan fingerprint density at radius 3 is 2.45 bits per heavy atom. The average Bonchev–Trinajstić information content (AvgIpc) is 2.77. The van der Waals surface area contributed by atoms with Gasteiger partial charge < -0.3 is 9.73 Å². The van der Waals surface area contributed by atoms with Crippen molar-refractivity contribution in [3.63, 3.8) is 0 Å². The van der Waals surface area contributed by atoms with E-state index in [1.54, 1.807) is 0 Å². The van der Waals surface area contributed by atoms with Crippen LogP contribution in [0.25, 0.3) is 21.9 Å². The first-order valence-corrected chi connectivity index (χ1v) is 6.68. The second-order valence-electron chi connectivity index (χ2n) is 5.98. The van der Waals surface area contributed by atoms with Crippen LogP contribution >= 0.6 is 0 Å². The highest BCUT2D eigenvalue weighted by atomic mass is 16.3. The van der Waals surface area contributed by atoms with E-state index < -0.39 is 5.41 Å². The highest BCUT2D eigenvalue weighted by Crippen LogP contribution is 2.33. The molecule has 0 saturated carbocycles. The second-order valence-corrected chi connectivity index (χ2v) is 5.98. The maximum Gasteiger partial charge on any atom is 0.229 e. The van der Waals surface area contributed by atoms with Gasteiger partial charge in [0.25, 0.3) is 0 Å². The van der Waals surface area contributed by atoms with Gasteiger partial charge in [-0.2, -0.15) is 0 Å². The third kappa shape index (κ3) is 2.05. The molecule has 0 bridgehead atoms. The van der Waals surface area contributed by atoms with E-state index in [0.29, 0.717) is 0 Å². The van der Waals surface area contributed by atoms with Crippen LogP contribution in [0.15, 0.2) is 46.9 Å². The number of rotatable bonds is 1. The summed E-state index contributed by atoms with van der Waals surface area (Å²) in [5.74, 6) is -0.0227. The number of fused-ring (bicyclic) bond motifs is 3. The van der Waals surface area contributed by atoms with Gasteiger partial charge in [0.05, 0.1) is 5.69 Å². The molecule has 0 aliphatic carbocycles. The highest BCUT2D eigenvalue weighted by molar-refractivity contribution is 6.11. The second kappa shape index (κ2) is 4.37. The first-order chi connectivity index (χ1) is 9.47. The number of benzene rings is 2. The Bertz CT molecular complexity index is 793. The lowest BCUT2D eigenvalue weighted by Crippen LogP contribution is -2.27. The summed E-state index contributed by atoms with van der Waals surface area (Å²) in [5.41, 5.74) is 1.85. The molecule has 102 valence electrons. The number of hydrogen-bond donors (Lipinski definition) is 1. The normalized spacial score (nSPS) is 11.9. The van der Waals surface area contributed by atoms with Gasteiger partial charge in [0.15, 0.2) is 5.58 Å². The molecule has 0 atom stereocenters. The molecule has 1 N–H and O–H groups in total. The van der Waals surface area contributed by atoms with E-state index in [1.165, 1.54) is 0 Å². The van der Waals surface area contributed by atoms with E-state index in [9.17, 15) is 4.79 Å². The largest absolute Gasteiger partial charge is 0.454 e. The number of anilines is 1. The summed E-state index contributed by atoms with van der Waals surface area (Å²) >= 11 is 0. The molecule has 2 aromatic carbocycles. The van der Waals surface area contributed by atoms with Gasteiger partial charge in [-0.25, -0.2) is 0 Å². The Balaban J connectivity index is 2.15. The van der Waals surface area contributed by atoms with Crippen molar-refractivity contribution in [2.24, 2.45) is 5.41 Å². The molecule has 0 aliphatic heterocycles. The molecular formula is C17H17NO2. The molecule has 20 heavy (non-hydrogen) atoms. The van der Waals surface area contributed by atoms with Crippen molar-refractivity contribution >= 4 is 33.5 Å². The van der Waals surface area contributed by atoms with Gasteiger partial charge >= 0.3 is 0 Å². The van der Waals surface area contributed by atoms with Crippen LogP contribution in [0.3, 0.4) is 0 Å². The van der Waals surface area contributed by atoms with E-state index in [4.69, 9.17) is 4.42 Å². The van der Waals surface area contributed by atoms with Gasteiger partial charge in [0.1, 0.15) is 5.58 Å². The summed E-state index contributed by atoms with van der Waals surface area (Å²) in [4.78, 5) is 12.1. The number of nitrogens with one attached hydrogen (secondary N) is 1. The van der Waals surface area contributed by atoms with Gasteiger partial charge in [-0.1, -0.05) is 51.1 Å². The van der Waals surface area contributed by atoms with Gasteiger partial charge in [-0.3, -0.25) is 4.79 Å². The summed E-state index contributed by atoms with van der Waals surface area (Å²) in [6.45, 7) is 5.67. The van der Waals surface area contributed by atoms with Crippen LogP contribution in [0.1, 0.15) is 20.8 Å². The molecular weight excluding hydrogens is 250 g/mol. The molecule has 0 saturated heterocycles. The third-order valence-corrected chi connectivity index (χ3v) is 3.33. The standard InChI is InChI=1S/C17H17NO2/c1-17(2,3)16(19)18-13-9-6-8-12-11-7-4-5-10-14(11)20-15(12)13/h4-10H,1-3H3,(H,18,19). The minimum absolute atomic E-state index is 0.0227. The van der Waals surface area contributed by atoms with Crippen molar-refractivity contribution in [3.05, 3.63) is 42.5 Å².